The highest BCUT2D eigenvalue weighted by molar-refractivity contribution is 7.89. The molecule has 1 saturated heterocycles. The summed E-state index contributed by atoms with van der Waals surface area (Å²) in [5.41, 5.74) is 0. The molecule has 0 radical (unpaired) electrons. The lowest BCUT2D eigenvalue weighted by Gasteiger charge is -2.29. The number of carbonyl (C=O) groups excluding carboxylic acids is 1. The van der Waals surface area contributed by atoms with E-state index in [1.165, 1.54) is 34.8 Å². The molecule has 170 valence electrons. The van der Waals surface area contributed by atoms with Gasteiger partial charge in [0.15, 0.2) is 5.76 Å². The molecule has 0 bridgehead atoms. The predicted molar refractivity (Wildman–Crippen MR) is 116 cm³/mol. The van der Waals surface area contributed by atoms with E-state index in [2.05, 4.69) is 10.2 Å². The van der Waals surface area contributed by atoms with Crippen molar-refractivity contribution < 1.29 is 22.0 Å². The van der Waals surface area contributed by atoms with E-state index in [0.29, 0.717) is 36.6 Å². The van der Waals surface area contributed by atoms with Crippen LogP contribution in [0.1, 0.15) is 32.1 Å². The molecule has 1 aliphatic rings. The zero-order chi connectivity index (χ0) is 22.7. The summed E-state index contributed by atoms with van der Waals surface area (Å²) < 4.78 is 38.6. The van der Waals surface area contributed by atoms with Crippen LogP contribution in [-0.2, 0) is 21.4 Å². The van der Waals surface area contributed by atoms with E-state index in [1.54, 1.807) is 17.0 Å². The minimum Gasteiger partial charge on any atom is -0.459 e. The third-order valence-electron chi connectivity index (χ3n) is 5.24. The summed E-state index contributed by atoms with van der Waals surface area (Å²) in [6.45, 7) is 2.75. The molecule has 1 fully saturated rings. The van der Waals surface area contributed by atoms with Crippen molar-refractivity contribution in [2.45, 2.75) is 43.7 Å². The Morgan fingerprint density at radius 3 is 2.72 bits per heavy atom. The zero-order valence-corrected chi connectivity index (χ0v) is 19.1. The number of carbonyl (C=O) groups is 1. The Morgan fingerprint density at radius 1 is 1.25 bits per heavy atom. The molecule has 3 aromatic rings. The van der Waals surface area contributed by atoms with E-state index in [4.69, 9.17) is 20.4 Å². The molecule has 0 saturated carbocycles. The van der Waals surface area contributed by atoms with Gasteiger partial charge in [0.2, 0.25) is 21.8 Å². The normalized spacial score (nSPS) is 17.0. The Hall–Kier alpha value is -2.69. The minimum absolute atomic E-state index is 0.0890. The van der Waals surface area contributed by atoms with Crippen molar-refractivity contribution in [1.29, 1.82) is 0 Å². The van der Waals surface area contributed by atoms with Gasteiger partial charge in [-0.2, -0.15) is 4.31 Å². The van der Waals surface area contributed by atoms with Gasteiger partial charge in [-0.25, -0.2) is 8.42 Å². The maximum atomic E-state index is 13.4. The quantitative estimate of drug-likeness (QED) is 0.486. The molecule has 0 unspecified atom stereocenters. The zero-order valence-electron chi connectivity index (χ0n) is 17.5. The molecule has 11 heteroatoms. The molecule has 1 amide bonds. The smallest absolute Gasteiger partial charge is 0.283 e. The van der Waals surface area contributed by atoms with Gasteiger partial charge >= 0.3 is 0 Å². The fourth-order valence-electron chi connectivity index (χ4n) is 3.75. The van der Waals surface area contributed by atoms with Crippen LogP contribution in [-0.4, -0.2) is 52.9 Å². The lowest BCUT2D eigenvalue weighted by Crippen LogP contribution is -2.47. The van der Waals surface area contributed by atoms with Crippen molar-refractivity contribution in [1.82, 2.24) is 19.4 Å². The van der Waals surface area contributed by atoms with Crippen LogP contribution in [0.5, 0.6) is 0 Å². The number of aromatic nitrogens is 2. The van der Waals surface area contributed by atoms with Gasteiger partial charge in [-0.05, 0) is 55.7 Å². The van der Waals surface area contributed by atoms with Gasteiger partial charge in [0.25, 0.3) is 5.89 Å². The number of halogens is 1. The second kappa shape index (κ2) is 9.43. The minimum atomic E-state index is -3.83. The summed E-state index contributed by atoms with van der Waals surface area (Å²) >= 11 is 5.89. The third-order valence-corrected chi connectivity index (χ3v) is 7.41. The topological polar surface area (TPSA) is 110 Å². The maximum absolute atomic E-state index is 13.4. The van der Waals surface area contributed by atoms with Crippen molar-refractivity contribution in [3.05, 3.63) is 53.6 Å². The van der Waals surface area contributed by atoms with Crippen LogP contribution in [0.4, 0.5) is 0 Å². The molecule has 0 spiro atoms. The first-order valence-electron chi connectivity index (χ1n) is 10.3. The van der Waals surface area contributed by atoms with Crippen LogP contribution >= 0.6 is 11.6 Å². The molecule has 0 N–H and O–H groups in total. The molecule has 32 heavy (non-hydrogen) atoms. The SMILES string of the molecule is CCCN(Cc1nnc(-c2ccco2)o1)C(=O)[C@@H]1CCCN1S(=O)(=O)c1ccc(Cl)cc1. The van der Waals surface area contributed by atoms with Gasteiger partial charge in [0, 0.05) is 18.1 Å². The first-order chi connectivity index (χ1) is 15.4. The Bertz CT molecular complexity index is 1160. The lowest BCUT2D eigenvalue weighted by atomic mass is 10.2. The molecule has 2 aromatic heterocycles. The standard InChI is InChI=1S/C21H23ClN4O5S/c1-2-11-25(14-19-23-24-20(31-19)18-6-4-13-30-18)21(27)17-5-3-12-26(17)32(28,29)16-9-7-15(22)8-10-16/h4,6-10,13,17H,2-3,5,11-12,14H2,1H3/t17-/m0/s1. The second-order valence-electron chi connectivity index (χ2n) is 7.47. The number of rotatable bonds is 8. The average molecular weight is 479 g/mol. The van der Waals surface area contributed by atoms with Crippen LogP contribution in [0, 0.1) is 0 Å². The number of furan rings is 1. The van der Waals surface area contributed by atoms with Crippen LogP contribution < -0.4 is 0 Å². The number of sulfonamides is 1. The Kier molecular flexibility index (Phi) is 6.63. The fraction of sp³-hybridized carbons (Fsp3) is 0.381. The third kappa shape index (κ3) is 4.57. The Labute approximate surface area is 191 Å². The molecule has 3 heterocycles. The summed E-state index contributed by atoms with van der Waals surface area (Å²) in [5.74, 6) is 0.637. The van der Waals surface area contributed by atoms with E-state index in [-0.39, 0.29) is 35.7 Å². The number of hydrogen-bond donors (Lipinski definition) is 0. The van der Waals surface area contributed by atoms with E-state index in [1.807, 2.05) is 6.92 Å². The summed E-state index contributed by atoms with van der Waals surface area (Å²) in [6, 6.07) is 8.58. The average Bonchev–Trinajstić information content (AvgIpc) is 3.54. The van der Waals surface area contributed by atoms with Gasteiger partial charge < -0.3 is 13.7 Å². The summed E-state index contributed by atoms with van der Waals surface area (Å²) in [4.78, 5) is 15.1. The highest BCUT2D eigenvalue weighted by Crippen LogP contribution is 2.28. The highest BCUT2D eigenvalue weighted by atomic mass is 35.5. The number of nitrogens with zero attached hydrogens (tertiary/aromatic N) is 4. The van der Waals surface area contributed by atoms with Crippen LogP contribution in [0.25, 0.3) is 11.7 Å². The molecule has 1 aliphatic heterocycles. The van der Waals surface area contributed by atoms with Crippen molar-refractivity contribution in [3.8, 4) is 11.7 Å². The van der Waals surface area contributed by atoms with E-state index in [0.717, 1.165) is 0 Å². The molecule has 4 rings (SSSR count). The molecule has 1 atom stereocenters. The fourth-order valence-corrected chi connectivity index (χ4v) is 5.52. The van der Waals surface area contributed by atoms with Crippen LogP contribution in [0.3, 0.4) is 0 Å². The summed E-state index contributed by atoms with van der Waals surface area (Å²) in [7, 11) is -3.83. The van der Waals surface area contributed by atoms with E-state index in [9.17, 15) is 13.2 Å². The highest BCUT2D eigenvalue weighted by Gasteiger charge is 2.41. The van der Waals surface area contributed by atoms with Gasteiger partial charge in [-0.1, -0.05) is 18.5 Å². The predicted octanol–water partition coefficient (Wildman–Crippen LogP) is 3.57. The Balaban J connectivity index is 1.54. The van der Waals surface area contributed by atoms with Gasteiger partial charge in [-0.15, -0.1) is 10.2 Å². The van der Waals surface area contributed by atoms with Crippen molar-refractivity contribution in [2.24, 2.45) is 0 Å². The monoisotopic (exact) mass is 478 g/mol. The van der Waals surface area contributed by atoms with Crippen molar-refractivity contribution in [2.75, 3.05) is 13.1 Å². The van der Waals surface area contributed by atoms with Crippen molar-refractivity contribution >= 4 is 27.5 Å². The van der Waals surface area contributed by atoms with Gasteiger partial charge in [0.1, 0.15) is 6.04 Å². The van der Waals surface area contributed by atoms with Gasteiger partial charge in [0.05, 0.1) is 17.7 Å². The summed E-state index contributed by atoms with van der Waals surface area (Å²) in [5, 5.41) is 8.42. The van der Waals surface area contributed by atoms with Gasteiger partial charge in [-0.3, -0.25) is 4.79 Å². The van der Waals surface area contributed by atoms with E-state index < -0.39 is 16.1 Å². The summed E-state index contributed by atoms with van der Waals surface area (Å²) in [6.07, 6.45) is 3.25. The van der Waals surface area contributed by atoms with Crippen LogP contribution in [0.2, 0.25) is 5.02 Å². The number of amides is 1. The first-order valence-corrected chi connectivity index (χ1v) is 12.1. The first kappa shape index (κ1) is 22.5. The van der Waals surface area contributed by atoms with Crippen LogP contribution in [0.15, 0.2) is 56.4 Å². The Morgan fingerprint density at radius 2 is 2.03 bits per heavy atom. The molecule has 9 nitrogen and oxygen atoms in total. The van der Waals surface area contributed by atoms with Crippen molar-refractivity contribution in [3.63, 3.8) is 0 Å². The second-order valence-corrected chi connectivity index (χ2v) is 9.79. The number of benzene rings is 1. The molecular formula is C21H23ClN4O5S. The largest absolute Gasteiger partial charge is 0.459 e. The molecule has 0 aliphatic carbocycles. The lowest BCUT2D eigenvalue weighted by molar-refractivity contribution is -0.135. The number of hydrogen-bond acceptors (Lipinski definition) is 7. The molecule has 1 aromatic carbocycles. The maximum Gasteiger partial charge on any atom is 0.283 e. The van der Waals surface area contributed by atoms with E-state index >= 15 is 0 Å². The molecular weight excluding hydrogens is 456 g/mol.